The van der Waals surface area contributed by atoms with Crippen molar-refractivity contribution in [3.05, 3.63) is 41.3 Å². The Morgan fingerprint density at radius 1 is 1.38 bits per heavy atom. The maximum absolute atomic E-state index is 5.88. The number of anilines is 2. The molecule has 2 rings (SSSR count). The van der Waals surface area contributed by atoms with Crippen LogP contribution in [0.4, 0.5) is 11.4 Å². The van der Waals surface area contributed by atoms with E-state index >= 15 is 0 Å². The fourth-order valence-electron chi connectivity index (χ4n) is 1.61. The minimum Gasteiger partial charge on any atom is -0.397 e. The van der Waals surface area contributed by atoms with Gasteiger partial charge in [-0.3, -0.25) is 0 Å². The van der Waals surface area contributed by atoms with Crippen molar-refractivity contribution in [2.45, 2.75) is 20.4 Å². The highest BCUT2D eigenvalue weighted by Crippen LogP contribution is 2.22. The first kappa shape index (κ1) is 10.5. The van der Waals surface area contributed by atoms with Crippen LogP contribution in [0.5, 0.6) is 0 Å². The molecule has 0 unspecified atom stereocenters. The highest BCUT2D eigenvalue weighted by molar-refractivity contribution is 5.69. The van der Waals surface area contributed by atoms with Gasteiger partial charge in [-0.25, -0.2) is 0 Å². The molecule has 1 heterocycles. The van der Waals surface area contributed by atoms with E-state index in [9.17, 15) is 0 Å². The third-order valence-electron chi connectivity index (χ3n) is 2.43. The first-order valence-electron chi connectivity index (χ1n) is 5.18. The van der Waals surface area contributed by atoms with E-state index in [0.29, 0.717) is 6.54 Å². The van der Waals surface area contributed by atoms with E-state index in [1.165, 1.54) is 0 Å². The molecule has 2 aromatic rings. The number of nitrogens with one attached hydrogen (secondary N) is 1. The van der Waals surface area contributed by atoms with Crippen molar-refractivity contribution in [2.75, 3.05) is 11.1 Å². The van der Waals surface area contributed by atoms with Crippen molar-refractivity contribution in [1.29, 1.82) is 0 Å². The standard InChI is InChI=1S/C12H15N3O/c1-8-4-3-5-11(13)12(8)14-7-10-6-9(2)16-15-10/h3-6,14H,7,13H2,1-2H3. The molecule has 4 nitrogen and oxygen atoms in total. The average Bonchev–Trinajstić information content (AvgIpc) is 2.63. The normalized spacial score (nSPS) is 10.4. The summed E-state index contributed by atoms with van der Waals surface area (Å²) in [4.78, 5) is 0. The maximum atomic E-state index is 5.88. The van der Waals surface area contributed by atoms with Crippen LogP contribution in [0.2, 0.25) is 0 Å². The molecular formula is C12H15N3O. The number of aryl methyl sites for hydroxylation is 2. The molecule has 0 aliphatic rings. The second-order valence-electron chi connectivity index (χ2n) is 3.82. The van der Waals surface area contributed by atoms with Gasteiger partial charge < -0.3 is 15.6 Å². The van der Waals surface area contributed by atoms with Gasteiger partial charge in [-0.2, -0.15) is 0 Å². The molecule has 84 valence electrons. The fourth-order valence-corrected chi connectivity index (χ4v) is 1.61. The second-order valence-corrected chi connectivity index (χ2v) is 3.82. The Bertz CT molecular complexity index is 471. The number of benzene rings is 1. The molecule has 0 amide bonds. The van der Waals surface area contributed by atoms with Crippen molar-refractivity contribution >= 4 is 11.4 Å². The molecule has 1 aromatic carbocycles. The van der Waals surface area contributed by atoms with Gasteiger partial charge in [0.25, 0.3) is 0 Å². The molecule has 0 saturated carbocycles. The number of para-hydroxylation sites is 1. The van der Waals surface area contributed by atoms with Gasteiger partial charge in [0.2, 0.25) is 0 Å². The van der Waals surface area contributed by atoms with E-state index < -0.39 is 0 Å². The van der Waals surface area contributed by atoms with Gasteiger partial charge in [-0.1, -0.05) is 17.3 Å². The molecule has 0 saturated heterocycles. The average molecular weight is 217 g/mol. The van der Waals surface area contributed by atoms with Crippen LogP contribution in [0.25, 0.3) is 0 Å². The number of rotatable bonds is 3. The number of aromatic nitrogens is 1. The molecule has 0 spiro atoms. The van der Waals surface area contributed by atoms with Crippen molar-refractivity contribution in [1.82, 2.24) is 5.16 Å². The molecule has 0 fully saturated rings. The molecule has 4 heteroatoms. The molecule has 0 aliphatic heterocycles. The van der Waals surface area contributed by atoms with E-state index in [-0.39, 0.29) is 0 Å². The number of nitrogens with two attached hydrogens (primary N) is 1. The summed E-state index contributed by atoms with van der Waals surface area (Å²) in [5, 5.41) is 7.18. The van der Waals surface area contributed by atoms with Crippen LogP contribution < -0.4 is 11.1 Å². The summed E-state index contributed by atoms with van der Waals surface area (Å²) in [6, 6.07) is 7.74. The minimum atomic E-state index is 0.617. The Morgan fingerprint density at radius 3 is 2.81 bits per heavy atom. The quantitative estimate of drug-likeness (QED) is 0.775. The lowest BCUT2D eigenvalue weighted by Gasteiger charge is -2.10. The summed E-state index contributed by atoms with van der Waals surface area (Å²) in [5.74, 6) is 0.814. The Morgan fingerprint density at radius 2 is 2.19 bits per heavy atom. The van der Waals surface area contributed by atoms with E-state index in [1.54, 1.807) is 0 Å². The van der Waals surface area contributed by atoms with Crippen molar-refractivity contribution in [3.63, 3.8) is 0 Å². The zero-order valence-corrected chi connectivity index (χ0v) is 9.45. The molecule has 0 bridgehead atoms. The van der Waals surface area contributed by atoms with Gasteiger partial charge in [0.05, 0.1) is 17.9 Å². The van der Waals surface area contributed by atoms with Gasteiger partial charge in [0.15, 0.2) is 0 Å². The highest BCUT2D eigenvalue weighted by atomic mass is 16.5. The summed E-state index contributed by atoms with van der Waals surface area (Å²) in [6.07, 6.45) is 0. The summed E-state index contributed by atoms with van der Waals surface area (Å²) in [6.45, 7) is 4.51. The second kappa shape index (κ2) is 4.26. The summed E-state index contributed by atoms with van der Waals surface area (Å²) in [5.41, 5.74) is 9.60. The third kappa shape index (κ3) is 2.16. The van der Waals surface area contributed by atoms with E-state index in [1.807, 2.05) is 38.1 Å². The summed E-state index contributed by atoms with van der Waals surface area (Å²) >= 11 is 0. The van der Waals surface area contributed by atoms with Crippen LogP contribution in [0.1, 0.15) is 17.0 Å². The monoisotopic (exact) mass is 217 g/mol. The lowest BCUT2D eigenvalue weighted by molar-refractivity contribution is 0.391. The topological polar surface area (TPSA) is 64.1 Å². The minimum absolute atomic E-state index is 0.617. The zero-order chi connectivity index (χ0) is 11.5. The predicted octanol–water partition coefficient (Wildman–Crippen LogP) is 2.49. The molecule has 0 radical (unpaired) electrons. The maximum Gasteiger partial charge on any atom is 0.133 e. The van der Waals surface area contributed by atoms with Crippen LogP contribution in [-0.2, 0) is 6.54 Å². The summed E-state index contributed by atoms with van der Waals surface area (Å²) in [7, 11) is 0. The fraction of sp³-hybridized carbons (Fsp3) is 0.250. The molecule has 0 aliphatic carbocycles. The summed E-state index contributed by atoms with van der Waals surface area (Å²) < 4.78 is 4.99. The Labute approximate surface area is 94.4 Å². The van der Waals surface area contributed by atoms with Crippen molar-refractivity contribution in [2.24, 2.45) is 0 Å². The largest absolute Gasteiger partial charge is 0.397 e. The molecular weight excluding hydrogens is 202 g/mol. The van der Waals surface area contributed by atoms with E-state index in [0.717, 1.165) is 28.4 Å². The zero-order valence-electron chi connectivity index (χ0n) is 9.45. The predicted molar refractivity (Wildman–Crippen MR) is 64.2 cm³/mol. The van der Waals surface area contributed by atoms with Gasteiger partial charge >= 0.3 is 0 Å². The number of nitrogens with zero attached hydrogens (tertiary/aromatic N) is 1. The number of hydrogen-bond donors (Lipinski definition) is 2. The van der Waals surface area contributed by atoms with Gasteiger partial charge in [-0.15, -0.1) is 0 Å². The Balaban J connectivity index is 2.10. The molecule has 0 atom stereocenters. The van der Waals surface area contributed by atoms with Crippen LogP contribution in [-0.4, -0.2) is 5.16 Å². The first-order valence-corrected chi connectivity index (χ1v) is 5.18. The van der Waals surface area contributed by atoms with Crippen molar-refractivity contribution in [3.8, 4) is 0 Å². The van der Waals surface area contributed by atoms with Gasteiger partial charge in [0.1, 0.15) is 11.5 Å². The van der Waals surface area contributed by atoms with Crippen LogP contribution >= 0.6 is 0 Å². The van der Waals surface area contributed by atoms with Crippen molar-refractivity contribution < 1.29 is 4.52 Å². The highest BCUT2D eigenvalue weighted by Gasteiger charge is 2.04. The Kier molecular flexibility index (Phi) is 2.81. The lowest BCUT2D eigenvalue weighted by Crippen LogP contribution is -2.04. The molecule has 3 N–H and O–H groups in total. The van der Waals surface area contributed by atoms with Crippen LogP contribution in [0.15, 0.2) is 28.8 Å². The molecule has 1 aromatic heterocycles. The molecule has 16 heavy (non-hydrogen) atoms. The SMILES string of the molecule is Cc1cc(CNc2c(C)cccc2N)no1. The Hall–Kier alpha value is -1.97. The smallest absolute Gasteiger partial charge is 0.133 e. The van der Waals surface area contributed by atoms with E-state index in [4.69, 9.17) is 10.3 Å². The number of hydrogen-bond acceptors (Lipinski definition) is 4. The van der Waals surface area contributed by atoms with Crippen LogP contribution in [0, 0.1) is 13.8 Å². The van der Waals surface area contributed by atoms with Crippen LogP contribution in [0.3, 0.4) is 0 Å². The third-order valence-corrected chi connectivity index (χ3v) is 2.43. The number of nitrogen functional groups attached to an aromatic ring is 1. The lowest BCUT2D eigenvalue weighted by atomic mass is 10.1. The van der Waals surface area contributed by atoms with Gasteiger partial charge in [-0.05, 0) is 25.5 Å². The van der Waals surface area contributed by atoms with E-state index in [2.05, 4.69) is 10.5 Å². The van der Waals surface area contributed by atoms with Gasteiger partial charge in [0, 0.05) is 6.07 Å². The first-order chi connectivity index (χ1) is 7.66.